The topological polar surface area (TPSA) is 93.0 Å². The summed E-state index contributed by atoms with van der Waals surface area (Å²) in [6, 6.07) is 0.230. The van der Waals surface area contributed by atoms with Crippen LogP contribution in [0.15, 0.2) is 0 Å². The summed E-state index contributed by atoms with van der Waals surface area (Å²) in [5.74, 6) is 0.724. The van der Waals surface area contributed by atoms with Gasteiger partial charge in [0.2, 0.25) is 11.8 Å². The molecule has 21 heavy (non-hydrogen) atoms. The third-order valence-electron chi connectivity index (χ3n) is 3.76. The molecule has 1 aliphatic rings. The summed E-state index contributed by atoms with van der Waals surface area (Å²) >= 11 is 1.86. The number of nitro groups is 1. The van der Waals surface area contributed by atoms with E-state index in [9.17, 15) is 10.1 Å². The van der Waals surface area contributed by atoms with Crippen LogP contribution in [0, 0.1) is 17.0 Å². The molecule has 0 spiro atoms. The van der Waals surface area contributed by atoms with Crippen LogP contribution < -0.4 is 10.6 Å². The molecule has 1 aliphatic carbocycles. The first kappa shape index (κ1) is 15.8. The monoisotopic (exact) mass is 311 g/mol. The van der Waals surface area contributed by atoms with Crippen LogP contribution in [0.4, 0.5) is 17.5 Å². The number of aromatic nitrogens is 2. The predicted octanol–water partition coefficient (Wildman–Crippen LogP) is 2.82. The zero-order valence-electron chi connectivity index (χ0n) is 12.5. The van der Waals surface area contributed by atoms with Gasteiger partial charge in [-0.2, -0.15) is 16.7 Å². The van der Waals surface area contributed by atoms with Crippen LogP contribution in [-0.4, -0.2) is 39.5 Å². The molecule has 2 rings (SSSR count). The zero-order valence-corrected chi connectivity index (χ0v) is 13.4. The van der Waals surface area contributed by atoms with Crippen molar-refractivity contribution in [2.24, 2.45) is 0 Å². The van der Waals surface area contributed by atoms with Gasteiger partial charge in [-0.15, -0.1) is 0 Å². The fourth-order valence-electron chi connectivity index (χ4n) is 2.68. The van der Waals surface area contributed by atoms with Gasteiger partial charge in [-0.3, -0.25) is 10.1 Å². The molecule has 0 aliphatic heterocycles. The molecule has 0 radical (unpaired) electrons. The lowest BCUT2D eigenvalue weighted by molar-refractivity contribution is -0.385. The van der Waals surface area contributed by atoms with Crippen molar-refractivity contribution in [2.45, 2.75) is 43.9 Å². The average molecular weight is 311 g/mol. The number of hydrogen-bond donors (Lipinski definition) is 2. The first-order valence-corrected chi connectivity index (χ1v) is 8.34. The van der Waals surface area contributed by atoms with Crippen LogP contribution >= 0.6 is 11.8 Å². The van der Waals surface area contributed by atoms with Crippen molar-refractivity contribution in [1.29, 1.82) is 0 Å². The number of nitrogens with one attached hydrogen (secondary N) is 2. The molecule has 0 bridgehead atoms. The lowest BCUT2D eigenvalue weighted by atomic mass is 9.95. The van der Waals surface area contributed by atoms with E-state index < -0.39 is 4.92 Å². The van der Waals surface area contributed by atoms with E-state index in [2.05, 4.69) is 26.9 Å². The Bertz CT molecular complexity index is 526. The van der Waals surface area contributed by atoms with E-state index in [-0.39, 0.29) is 11.7 Å². The number of hydrogen-bond acceptors (Lipinski definition) is 7. The van der Waals surface area contributed by atoms with Crippen LogP contribution in [0.1, 0.15) is 31.4 Å². The summed E-state index contributed by atoms with van der Waals surface area (Å²) in [7, 11) is 1.70. The van der Waals surface area contributed by atoms with Gasteiger partial charge in [0.15, 0.2) is 0 Å². The largest absolute Gasteiger partial charge is 0.361 e. The number of thioether (sulfide) groups is 1. The Morgan fingerprint density at radius 1 is 1.38 bits per heavy atom. The second kappa shape index (κ2) is 6.93. The first-order chi connectivity index (χ1) is 10.0. The molecule has 1 fully saturated rings. The van der Waals surface area contributed by atoms with Crippen molar-refractivity contribution in [3.05, 3.63) is 15.8 Å². The molecular weight excluding hydrogens is 290 g/mol. The Hall–Kier alpha value is -1.57. The van der Waals surface area contributed by atoms with Gasteiger partial charge in [0.1, 0.15) is 5.69 Å². The molecular formula is C13H21N5O2S. The molecule has 2 atom stereocenters. The highest BCUT2D eigenvalue weighted by Crippen LogP contribution is 2.32. The maximum Gasteiger partial charge on any atom is 0.332 e. The summed E-state index contributed by atoms with van der Waals surface area (Å²) in [4.78, 5) is 19.2. The number of nitrogens with zero attached hydrogens (tertiary/aromatic N) is 3. The van der Waals surface area contributed by atoms with Gasteiger partial charge in [0.25, 0.3) is 0 Å². The molecule has 2 unspecified atom stereocenters. The van der Waals surface area contributed by atoms with Gasteiger partial charge in [0, 0.05) is 18.3 Å². The van der Waals surface area contributed by atoms with Gasteiger partial charge >= 0.3 is 5.69 Å². The second-order valence-corrected chi connectivity index (χ2v) is 6.34. The van der Waals surface area contributed by atoms with Crippen molar-refractivity contribution in [3.63, 3.8) is 0 Å². The maximum absolute atomic E-state index is 11.3. The summed E-state index contributed by atoms with van der Waals surface area (Å²) in [6.07, 6.45) is 6.50. The van der Waals surface area contributed by atoms with E-state index in [0.717, 1.165) is 19.3 Å². The number of anilines is 2. The fraction of sp³-hybridized carbons (Fsp3) is 0.692. The van der Waals surface area contributed by atoms with Gasteiger partial charge in [-0.05, 0) is 32.4 Å². The summed E-state index contributed by atoms with van der Waals surface area (Å²) < 4.78 is 0. The molecule has 0 saturated heterocycles. The van der Waals surface area contributed by atoms with Crippen LogP contribution in [-0.2, 0) is 0 Å². The molecule has 1 aromatic heterocycles. The molecule has 2 N–H and O–H groups in total. The lowest BCUT2D eigenvalue weighted by Crippen LogP contribution is -2.29. The van der Waals surface area contributed by atoms with E-state index in [0.29, 0.717) is 22.7 Å². The molecule has 0 aromatic carbocycles. The van der Waals surface area contributed by atoms with E-state index in [1.165, 1.54) is 6.42 Å². The molecule has 8 heteroatoms. The van der Waals surface area contributed by atoms with Gasteiger partial charge in [-0.25, -0.2) is 4.98 Å². The second-order valence-electron chi connectivity index (χ2n) is 5.20. The standard InChI is InChI=1S/C13H21N5O2S/c1-8-11(18(19)20)12(17-13(14-2)15-8)16-9-5-4-6-10(7-9)21-3/h9-10H,4-7H2,1-3H3,(H2,14,15,16,17). The minimum absolute atomic E-state index is 0.0275. The van der Waals surface area contributed by atoms with Crippen molar-refractivity contribution in [1.82, 2.24) is 9.97 Å². The SMILES string of the molecule is CNc1nc(C)c([N+](=O)[O-])c(NC2CCCC(SC)C2)n1. The van der Waals surface area contributed by atoms with Crippen molar-refractivity contribution >= 4 is 29.2 Å². The third-order valence-corrected chi connectivity index (χ3v) is 4.86. The summed E-state index contributed by atoms with van der Waals surface area (Å²) in [5, 5.41) is 18.0. The highest BCUT2D eigenvalue weighted by atomic mass is 32.2. The molecule has 0 amide bonds. The normalized spacial score (nSPS) is 21.9. The molecule has 1 heterocycles. The minimum Gasteiger partial charge on any atom is -0.361 e. The Morgan fingerprint density at radius 2 is 2.14 bits per heavy atom. The van der Waals surface area contributed by atoms with Gasteiger partial charge in [-0.1, -0.05) is 6.42 Å². The van der Waals surface area contributed by atoms with E-state index >= 15 is 0 Å². The number of aryl methyl sites for hydroxylation is 1. The molecule has 1 aromatic rings. The first-order valence-electron chi connectivity index (χ1n) is 7.05. The van der Waals surface area contributed by atoms with Crippen LogP contribution in [0.3, 0.4) is 0 Å². The maximum atomic E-state index is 11.3. The van der Waals surface area contributed by atoms with Crippen LogP contribution in [0.5, 0.6) is 0 Å². The molecule has 7 nitrogen and oxygen atoms in total. The lowest BCUT2D eigenvalue weighted by Gasteiger charge is -2.29. The van der Waals surface area contributed by atoms with Gasteiger partial charge < -0.3 is 10.6 Å². The van der Waals surface area contributed by atoms with Crippen molar-refractivity contribution in [2.75, 3.05) is 23.9 Å². The van der Waals surface area contributed by atoms with E-state index in [1.807, 2.05) is 11.8 Å². The van der Waals surface area contributed by atoms with Crippen molar-refractivity contribution in [3.8, 4) is 0 Å². The predicted molar refractivity (Wildman–Crippen MR) is 86.2 cm³/mol. The quantitative estimate of drug-likeness (QED) is 0.638. The number of rotatable bonds is 5. The summed E-state index contributed by atoms with van der Waals surface area (Å²) in [5.41, 5.74) is 0.347. The minimum atomic E-state index is -0.411. The highest BCUT2D eigenvalue weighted by molar-refractivity contribution is 7.99. The average Bonchev–Trinajstić information content (AvgIpc) is 2.46. The Morgan fingerprint density at radius 3 is 2.76 bits per heavy atom. The van der Waals surface area contributed by atoms with Crippen molar-refractivity contribution < 1.29 is 4.92 Å². The zero-order chi connectivity index (χ0) is 15.4. The fourth-order valence-corrected chi connectivity index (χ4v) is 3.51. The molecule has 116 valence electrons. The molecule has 1 saturated carbocycles. The smallest absolute Gasteiger partial charge is 0.332 e. The van der Waals surface area contributed by atoms with E-state index in [1.54, 1.807) is 14.0 Å². The third kappa shape index (κ3) is 3.75. The van der Waals surface area contributed by atoms with E-state index in [4.69, 9.17) is 0 Å². The Balaban J connectivity index is 2.25. The van der Waals surface area contributed by atoms with Gasteiger partial charge in [0.05, 0.1) is 4.92 Å². The Labute approximate surface area is 128 Å². The Kier molecular flexibility index (Phi) is 5.22. The van der Waals surface area contributed by atoms with Crippen LogP contribution in [0.2, 0.25) is 0 Å². The van der Waals surface area contributed by atoms with Crippen LogP contribution in [0.25, 0.3) is 0 Å². The highest BCUT2D eigenvalue weighted by Gasteiger charge is 2.27. The summed E-state index contributed by atoms with van der Waals surface area (Å²) in [6.45, 7) is 1.64.